The molecule has 0 atom stereocenters. The Balaban J connectivity index is 2.26. The van der Waals surface area contributed by atoms with E-state index in [1.165, 1.54) is 6.20 Å². The first-order valence-corrected chi connectivity index (χ1v) is 8.07. The van der Waals surface area contributed by atoms with Crippen LogP contribution in [0.25, 0.3) is 0 Å². The van der Waals surface area contributed by atoms with E-state index in [-0.39, 0.29) is 22.0 Å². The number of aromatic nitrogens is 1. The zero-order valence-electron chi connectivity index (χ0n) is 13.9. The largest absolute Gasteiger partial charge is 0.491 e. The number of rotatable bonds is 6. The SMILES string of the molecule is CC(C)Oc1cc(C(=O)Nc2ncc(C(=O)O)s2)cc(N(C)C)c1. The number of carbonyl (C=O) groups excluding carboxylic acids is 1. The number of carbonyl (C=O) groups is 2. The number of nitrogens with zero attached hydrogens (tertiary/aromatic N) is 2. The smallest absolute Gasteiger partial charge is 0.347 e. The molecule has 1 heterocycles. The zero-order chi connectivity index (χ0) is 17.9. The fourth-order valence-electron chi connectivity index (χ4n) is 1.91. The van der Waals surface area contributed by atoms with E-state index in [1.807, 2.05) is 38.9 Å². The maximum absolute atomic E-state index is 12.4. The summed E-state index contributed by atoms with van der Waals surface area (Å²) >= 11 is 0.905. The first kappa shape index (κ1) is 17.7. The van der Waals surface area contributed by atoms with Crippen LogP contribution in [0.2, 0.25) is 0 Å². The third kappa shape index (κ3) is 4.45. The van der Waals surface area contributed by atoms with Gasteiger partial charge in [0, 0.05) is 31.4 Å². The lowest BCUT2D eigenvalue weighted by molar-refractivity contribution is 0.0701. The normalized spacial score (nSPS) is 10.5. The topological polar surface area (TPSA) is 91.8 Å². The molecule has 0 radical (unpaired) electrons. The van der Waals surface area contributed by atoms with E-state index >= 15 is 0 Å². The Labute approximate surface area is 143 Å². The molecule has 24 heavy (non-hydrogen) atoms. The van der Waals surface area contributed by atoms with E-state index in [9.17, 15) is 9.59 Å². The molecule has 128 valence electrons. The molecule has 0 saturated carbocycles. The Morgan fingerprint density at radius 3 is 2.54 bits per heavy atom. The van der Waals surface area contributed by atoms with Crippen molar-refractivity contribution < 1.29 is 19.4 Å². The summed E-state index contributed by atoms with van der Waals surface area (Å²) in [7, 11) is 3.74. The van der Waals surface area contributed by atoms with Gasteiger partial charge in [0.15, 0.2) is 5.13 Å². The molecule has 0 aliphatic heterocycles. The fraction of sp³-hybridized carbons (Fsp3) is 0.312. The molecule has 0 saturated heterocycles. The number of hydrogen-bond acceptors (Lipinski definition) is 6. The first-order chi connectivity index (χ1) is 11.3. The van der Waals surface area contributed by atoms with Crippen LogP contribution in [0.3, 0.4) is 0 Å². The molecule has 8 heteroatoms. The summed E-state index contributed by atoms with van der Waals surface area (Å²) in [6, 6.07) is 5.23. The second-order valence-corrected chi connectivity index (χ2v) is 6.60. The molecule has 0 fully saturated rings. The van der Waals surface area contributed by atoms with Crippen molar-refractivity contribution in [3.63, 3.8) is 0 Å². The van der Waals surface area contributed by atoms with Gasteiger partial charge in [-0.05, 0) is 26.0 Å². The number of benzene rings is 1. The van der Waals surface area contributed by atoms with Crippen LogP contribution in [0, 0.1) is 0 Å². The summed E-state index contributed by atoms with van der Waals surface area (Å²) in [5, 5.41) is 11.7. The van der Waals surface area contributed by atoms with Gasteiger partial charge in [0.25, 0.3) is 5.91 Å². The molecule has 1 amide bonds. The number of aromatic carboxylic acids is 1. The number of carboxylic acids is 1. The maximum atomic E-state index is 12.4. The number of anilines is 2. The summed E-state index contributed by atoms with van der Waals surface area (Å²) in [6.45, 7) is 3.82. The monoisotopic (exact) mass is 349 g/mol. The molecule has 2 rings (SSSR count). The number of amides is 1. The third-order valence-electron chi connectivity index (χ3n) is 2.98. The summed E-state index contributed by atoms with van der Waals surface area (Å²) in [5.74, 6) is -0.861. The van der Waals surface area contributed by atoms with Gasteiger partial charge in [0.2, 0.25) is 0 Å². The third-order valence-corrected chi connectivity index (χ3v) is 3.88. The molecule has 7 nitrogen and oxygen atoms in total. The second kappa shape index (κ2) is 7.31. The molecule has 2 aromatic rings. The van der Waals surface area contributed by atoms with E-state index < -0.39 is 5.97 Å². The molecule has 0 spiro atoms. The van der Waals surface area contributed by atoms with Gasteiger partial charge < -0.3 is 14.7 Å². The average molecular weight is 349 g/mol. The highest BCUT2D eigenvalue weighted by molar-refractivity contribution is 7.17. The standard InChI is InChI=1S/C16H19N3O4S/c1-9(2)23-12-6-10(5-11(7-12)19(3)4)14(20)18-16-17-8-13(24-16)15(21)22/h5-9H,1-4H3,(H,21,22)(H,17,18,20). The first-order valence-electron chi connectivity index (χ1n) is 7.26. The van der Waals surface area contributed by atoms with Gasteiger partial charge >= 0.3 is 5.97 Å². The quantitative estimate of drug-likeness (QED) is 0.833. The van der Waals surface area contributed by atoms with Crippen LogP contribution in [0.5, 0.6) is 5.75 Å². The number of thiazole rings is 1. The maximum Gasteiger partial charge on any atom is 0.347 e. The van der Waals surface area contributed by atoms with Gasteiger partial charge in [-0.15, -0.1) is 0 Å². The van der Waals surface area contributed by atoms with Gasteiger partial charge in [0.1, 0.15) is 10.6 Å². The number of ether oxygens (including phenoxy) is 1. The fourth-order valence-corrected chi connectivity index (χ4v) is 2.56. The van der Waals surface area contributed by atoms with Gasteiger partial charge in [-0.3, -0.25) is 10.1 Å². The van der Waals surface area contributed by atoms with Gasteiger partial charge in [-0.2, -0.15) is 0 Å². The minimum absolute atomic E-state index is 0.0181. The molecule has 0 aliphatic rings. The van der Waals surface area contributed by atoms with Gasteiger partial charge in [-0.1, -0.05) is 11.3 Å². The van der Waals surface area contributed by atoms with Crippen LogP contribution in [0.15, 0.2) is 24.4 Å². The Morgan fingerprint density at radius 2 is 2.00 bits per heavy atom. The lowest BCUT2D eigenvalue weighted by Crippen LogP contribution is -2.15. The highest BCUT2D eigenvalue weighted by Crippen LogP contribution is 2.25. The molecule has 1 aromatic heterocycles. The molecule has 0 aliphatic carbocycles. The van der Waals surface area contributed by atoms with Crippen molar-refractivity contribution >= 4 is 34.0 Å². The van der Waals surface area contributed by atoms with Crippen molar-refractivity contribution in [3.05, 3.63) is 34.8 Å². The Hall–Kier alpha value is -2.61. The van der Waals surface area contributed by atoms with Crippen molar-refractivity contribution in [2.24, 2.45) is 0 Å². The van der Waals surface area contributed by atoms with Crippen molar-refractivity contribution in [3.8, 4) is 5.75 Å². The van der Waals surface area contributed by atoms with Crippen molar-refractivity contribution in [2.45, 2.75) is 20.0 Å². The molecular weight excluding hydrogens is 330 g/mol. The van der Waals surface area contributed by atoms with E-state index in [0.29, 0.717) is 11.3 Å². The van der Waals surface area contributed by atoms with E-state index in [1.54, 1.807) is 12.1 Å². The van der Waals surface area contributed by atoms with Crippen molar-refractivity contribution in [1.29, 1.82) is 0 Å². The summed E-state index contributed by atoms with van der Waals surface area (Å²) in [5.41, 5.74) is 1.23. The Morgan fingerprint density at radius 1 is 1.29 bits per heavy atom. The van der Waals surface area contributed by atoms with E-state index in [2.05, 4.69) is 10.3 Å². The lowest BCUT2D eigenvalue weighted by Gasteiger charge is -2.17. The molecule has 2 N–H and O–H groups in total. The Bertz CT molecular complexity index is 756. The molecule has 0 bridgehead atoms. The van der Waals surface area contributed by atoms with E-state index in [0.717, 1.165) is 17.0 Å². The van der Waals surface area contributed by atoms with Gasteiger partial charge in [0.05, 0.1) is 12.3 Å². The minimum atomic E-state index is -1.07. The van der Waals surface area contributed by atoms with Gasteiger partial charge in [-0.25, -0.2) is 9.78 Å². The minimum Gasteiger partial charge on any atom is -0.491 e. The summed E-state index contributed by atoms with van der Waals surface area (Å²) < 4.78 is 5.68. The zero-order valence-corrected chi connectivity index (χ0v) is 14.7. The summed E-state index contributed by atoms with van der Waals surface area (Å²) in [6.07, 6.45) is 1.20. The number of carboxylic acid groups (broad SMARTS) is 1. The van der Waals surface area contributed by atoms with Crippen LogP contribution in [0.4, 0.5) is 10.8 Å². The average Bonchev–Trinajstić information content (AvgIpc) is 2.94. The lowest BCUT2D eigenvalue weighted by atomic mass is 10.1. The van der Waals surface area contributed by atoms with Crippen LogP contribution in [-0.2, 0) is 0 Å². The molecular formula is C16H19N3O4S. The summed E-state index contributed by atoms with van der Waals surface area (Å²) in [4.78, 5) is 29.1. The molecule has 1 aromatic carbocycles. The number of hydrogen-bond donors (Lipinski definition) is 2. The van der Waals surface area contributed by atoms with Crippen molar-refractivity contribution in [2.75, 3.05) is 24.3 Å². The second-order valence-electron chi connectivity index (χ2n) is 5.57. The van der Waals surface area contributed by atoms with Crippen LogP contribution < -0.4 is 15.0 Å². The van der Waals surface area contributed by atoms with Crippen LogP contribution in [0.1, 0.15) is 33.9 Å². The predicted octanol–water partition coefficient (Wildman–Crippen LogP) is 2.95. The highest BCUT2D eigenvalue weighted by Gasteiger charge is 2.15. The molecule has 0 unspecified atom stereocenters. The highest BCUT2D eigenvalue weighted by atomic mass is 32.1. The number of nitrogens with one attached hydrogen (secondary N) is 1. The predicted molar refractivity (Wildman–Crippen MR) is 93.6 cm³/mol. The van der Waals surface area contributed by atoms with Crippen LogP contribution in [-0.4, -0.2) is 42.2 Å². The van der Waals surface area contributed by atoms with Crippen LogP contribution >= 0.6 is 11.3 Å². The Kier molecular flexibility index (Phi) is 5.40. The van der Waals surface area contributed by atoms with E-state index in [4.69, 9.17) is 9.84 Å². The van der Waals surface area contributed by atoms with Crippen molar-refractivity contribution in [1.82, 2.24) is 4.98 Å².